The van der Waals surface area contributed by atoms with E-state index in [-0.39, 0.29) is 23.2 Å². The molecule has 0 amide bonds. The van der Waals surface area contributed by atoms with Gasteiger partial charge >= 0.3 is 19.9 Å². The molecule has 2 heterocycles. The van der Waals surface area contributed by atoms with Crippen LogP contribution in [-0.4, -0.2) is 48.5 Å². The predicted molar refractivity (Wildman–Crippen MR) is 170 cm³/mol. The normalized spacial score (nSPS) is 13.1. The number of phosphoric ester groups is 1. The summed E-state index contributed by atoms with van der Waals surface area (Å²) in [6, 6.07) is 17.1. The molecule has 5 rings (SSSR count). The van der Waals surface area contributed by atoms with E-state index >= 15 is 4.39 Å². The van der Waals surface area contributed by atoms with Crippen LogP contribution in [0.4, 0.5) is 13.6 Å². The van der Waals surface area contributed by atoms with Gasteiger partial charge in [0.25, 0.3) is 0 Å². The second-order valence-corrected chi connectivity index (χ2v) is 12.7. The molecule has 0 saturated carbocycles. The van der Waals surface area contributed by atoms with E-state index < -0.39 is 56.5 Å². The lowest BCUT2D eigenvalue weighted by Gasteiger charge is -2.37. The van der Waals surface area contributed by atoms with Crippen molar-refractivity contribution in [3.05, 3.63) is 124 Å². The number of benzene rings is 3. The van der Waals surface area contributed by atoms with Crippen LogP contribution in [0, 0.1) is 23.0 Å². The van der Waals surface area contributed by atoms with Gasteiger partial charge in [0.05, 0.1) is 42.0 Å². The van der Waals surface area contributed by atoms with Crippen molar-refractivity contribution in [3.63, 3.8) is 0 Å². The Morgan fingerprint density at radius 2 is 1.86 bits per heavy atom. The van der Waals surface area contributed by atoms with Crippen molar-refractivity contribution in [1.29, 1.82) is 5.26 Å². The van der Waals surface area contributed by atoms with Gasteiger partial charge in [0.1, 0.15) is 29.3 Å². The third-order valence-corrected chi connectivity index (χ3v) is 8.90. The highest BCUT2D eigenvalue weighted by Crippen LogP contribution is 2.45. The second-order valence-electron chi connectivity index (χ2n) is 10.6. The molecule has 0 aliphatic heterocycles. The SMILES string of the molecule is CC(c1nc(-c2ccc(C#N)cc2)cs1)C(Cn1cncn1)(OC(=O)OCOC(=O)c1ccccc1COP(=O)(O)O)c1ccc(F)cc1F. The number of hydrogen-bond donors (Lipinski definition) is 2. The molecule has 0 radical (unpaired) electrons. The predicted octanol–water partition coefficient (Wildman–Crippen LogP) is 5.83. The fourth-order valence-electron chi connectivity index (χ4n) is 4.94. The van der Waals surface area contributed by atoms with Gasteiger partial charge in [-0.2, -0.15) is 10.4 Å². The molecule has 18 heteroatoms. The van der Waals surface area contributed by atoms with Gasteiger partial charge in [0, 0.05) is 22.6 Å². The van der Waals surface area contributed by atoms with Crippen molar-refractivity contribution in [2.45, 2.75) is 31.6 Å². The van der Waals surface area contributed by atoms with Crippen molar-refractivity contribution < 1.29 is 51.5 Å². The maximum atomic E-state index is 15.7. The van der Waals surface area contributed by atoms with E-state index in [9.17, 15) is 18.5 Å². The Morgan fingerprint density at radius 3 is 2.54 bits per heavy atom. The number of nitrogens with zero attached hydrogens (tertiary/aromatic N) is 5. The molecule has 0 fully saturated rings. The highest BCUT2D eigenvalue weighted by Gasteiger charge is 2.47. The molecule has 5 aromatic rings. The van der Waals surface area contributed by atoms with Gasteiger partial charge in [-0.15, -0.1) is 11.3 Å². The van der Waals surface area contributed by atoms with E-state index in [1.807, 2.05) is 6.07 Å². The zero-order valence-corrected chi connectivity index (χ0v) is 27.6. The minimum atomic E-state index is -4.85. The van der Waals surface area contributed by atoms with Gasteiger partial charge in [-0.25, -0.2) is 37.6 Å². The summed E-state index contributed by atoms with van der Waals surface area (Å²) in [4.78, 5) is 52.8. The molecule has 0 spiro atoms. The summed E-state index contributed by atoms with van der Waals surface area (Å²) >= 11 is 1.18. The molecular weight excluding hydrogens is 699 g/mol. The minimum Gasteiger partial charge on any atom is -0.424 e. The average molecular weight is 726 g/mol. The first-order chi connectivity index (χ1) is 23.9. The number of carbonyl (C=O) groups excluding carboxylic acids is 2. The molecule has 0 aliphatic rings. The van der Waals surface area contributed by atoms with Crippen LogP contribution in [0.25, 0.3) is 11.3 Å². The van der Waals surface area contributed by atoms with Gasteiger partial charge in [-0.3, -0.25) is 4.52 Å². The zero-order chi connectivity index (χ0) is 35.9. The Hall–Kier alpha value is -5.37. The fourth-order valence-corrected chi connectivity index (χ4v) is 6.21. The van der Waals surface area contributed by atoms with E-state index in [2.05, 4.69) is 14.6 Å². The van der Waals surface area contributed by atoms with Crippen molar-refractivity contribution in [2.75, 3.05) is 6.79 Å². The standard InChI is InChI=1S/C32H26F2N5O9PS/c1-20(29-38-28(15-50-29)22-8-6-21(13-35)7-9-22)32(16-39-18-36-17-37-39,26-11-10-24(33)12-27(26)34)48-31(41)46-19-45-30(40)25-5-3-2-4-23(25)14-47-49(42,43)44/h2-12,15,17-18,20H,14,16,19H2,1H3,(H2,42,43,44). The number of rotatable bonds is 13. The van der Waals surface area contributed by atoms with Crippen LogP contribution in [0.15, 0.2) is 84.8 Å². The fraction of sp³-hybridized carbons (Fsp3) is 0.188. The number of halogens is 2. The monoisotopic (exact) mass is 725 g/mol. The Kier molecular flexibility index (Phi) is 11.1. The van der Waals surface area contributed by atoms with Gasteiger partial charge in [-0.05, 0) is 35.9 Å². The lowest BCUT2D eigenvalue weighted by atomic mass is 9.81. The van der Waals surface area contributed by atoms with Gasteiger partial charge < -0.3 is 24.0 Å². The van der Waals surface area contributed by atoms with Crippen LogP contribution in [0.2, 0.25) is 0 Å². The van der Waals surface area contributed by atoms with E-state index in [0.29, 0.717) is 27.9 Å². The second kappa shape index (κ2) is 15.5. The summed E-state index contributed by atoms with van der Waals surface area (Å²) in [6.45, 7) is -0.325. The summed E-state index contributed by atoms with van der Waals surface area (Å²) in [7, 11) is -4.85. The maximum Gasteiger partial charge on any atom is 0.512 e. The van der Waals surface area contributed by atoms with E-state index in [4.69, 9.17) is 34.2 Å². The first-order valence-electron chi connectivity index (χ1n) is 14.4. The Balaban J connectivity index is 1.43. The number of esters is 1. The van der Waals surface area contributed by atoms with Crippen LogP contribution in [-0.2, 0) is 42.1 Å². The smallest absolute Gasteiger partial charge is 0.424 e. The molecular formula is C32H26F2N5O9PS. The Morgan fingerprint density at radius 1 is 1.10 bits per heavy atom. The highest BCUT2D eigenvalue weighted by molar-refractivity contribution is 7.46. The van der Waals surface area contributed by atoms with Crippen molar-refractivity contribution in [3.8, 4) is 17.3 Å². The number of aromatic nitrogens is 4. The number of phosphoric acid groups is 1. The van der Waals surface area contributed by atoms with E-state index in [1.54, 1.807) is 36.6 Å². The molecule has 14 nitrogen and oxygen atoms in total. The topological polar surface area (TPSA) is 196 Å². The van der Waals surface area contributed by atoms with Gasteiger partial charge in [-0.1, -0.05) is 37.3 Å². The quantitative estimate of drug-likeness (QED) is 0.0837. The summed E-state index contributed by atoms with van der Waals surface area (Å²) in [6.07, 6.45) is 1.11. The third-order valence-electron chi connectivity index (χ3n) is 7.41. The minimum absolute atomic E-state index is 0.0830. The van der Waals surface area contributed by atoms with Crippen LogP contribution in [0.5, 0.6) is 0 Å². The van der Waals surface area contributed by atoms with E-state index in [0.717, 1.165) is 12.1 Å². The molecule has 0 saturated heterocycles. The summed E-state index contributed by atoms with van der Waals surface area (Å²) < 4.78 is 62.7. The van der Waals surface area contributed by atoms with E-state index in [1.165, 1.54) is 52.9 Å². The number of thiazole rings is 1. The molecule has 3 aromatic carbocycles. The molecule has 2 aromatic heterocycles. The lowest BCUT2D eigenvalue weighted by molar-refractivity contribution is -0.0882. The highest BCUT2D eigenvalue weighted by atomic mass is 32.1. The first kappa shape index (κ1) is 35.9. The van der Waals surface area contributed by atoms with Crippen molar-refractivity contribution >= 4 is 31.3 Å². The van der Waals surface area contributed by atoms with Gasteiger partial charge in [0.15, 0.2) is 5.60 Å². The first-order valence-corrected chi connectivity index (χ1v) is 16.8. The molecule has 2 atom stereocenters. The van der Waals surface area contributed by atoms with Crippen LogP contribution in [0.1, 0.15) is 44.9 Å². The number of nitriles is 1. The zero-order valence-electron chi connectivity index (χ0n) is 25.9. The van der Waals surface area contributed by atoms with Gasteiger partial charge in [0.2, 0.25) is 6.79 Å². The molecule has 0 aliphatic carbocycles. The number of carbonyl (C=O) groups is 2. The Bertz CT molecular complexity index is 2070. The molecule has 0 bridgehead atoms. The summed E-state index contributed by atoms with van der Waals surface area (Å²) in [5, 5.41) is 15.3. The Labute approximate surface area is 286 Å². The molecule has 258 valence electrons. The lowest BCUT2D eigenvalue weighted by Crippen LogP contribution is -2.43. The van der Waals surface area contributed by atoms with Crippen LogP contribution in [0.3, 0.4) is 0 Å². The molecule has 50 heavy (non-hydrogen) atoms. The molecule has 2 N–H and O–H groups in total. The van der Waals surface area contributed by atoms with Crippen molar-refractivity contribution in [1.82, 2.24) is 19.7 Å². The van der Waals surface area contributed by atoms with Crippen LogP contribution < -0.4 is 0 Å². The summed E-state index contributed by atoms with van der Waals surface area (Å²) in [5.74, 6) is -3.89. The number of ether oxygens (including phenoxy) is 3. The maximum absolute atomic E-state index is 15.7. The summed E-state index contributed by atoms with van der Waals surface area (Å²) in [5.41, 5.74) is -0.625. The largest absolute Gasteiger partial charge is 0.512 e. The van der Waals surface area contributed by atoms with Crippen LogP contribution >= 0.6 is 19.2 Å². The average Bonchev–Trinajstić information content (AvgIpc) is 3.79. The number of hydrogen-bond acceptors (Lipinski definition) is 12. The van der Waals surface area contributed by atoms with Crippen molar-refractivity contribution in [2.24, 2.45) is 0 Å². The molecule has 2 unspecified atom stereocenters. The third kappa shape index (κ3) is 8.61.